The maximum Gasteiger partial charge on any atom is 0.249 e. The predicted octanol–water partition coefficient (Wildman–Crippen LogP) is 1.06. The molecule has 0 radical (unpaired) electrons. The Balaban J connectivity index is 1.56. The molecule has 1 aliphatic heterocycles. The number of aromatic nitrogens is 2. The zero-order chi connectivity index (χ0) is 16.1. The van der Waals surface area contributed by atoms with Crippen molar-refractivity contribution in [2.24, 2.45) is 23.7 Å². The van der Waals surface area contributed by atoms with E-state index >= 15 is 0 Å². The van der Waals surface area contributed by atoms with Crippen LogP contribution in [0.3, 0.4) is 0 Å². The number of fused-ring (bicyclic) bond motifs is 1. The molecule has 1 aromatic heterocycles. The average Bonchev–Trinajstić information content (AvgIpc) is 3.16. The van der Waals surface area contributed by atoms with Gasteiger partial charge in [0.2, 0.25) is 22.9 Å². The monoisotopic (exact) mass is 332 g/mol. The molecule has 0 spiro atoms. The van der Waals surface area contributed by atoms with E-state index in [2.05, 4.69) is 27.7 Å². The summed E-state index contributed by atoms with van der Waals surface area (Å²) in [6.07, 6.45) is 6.02. The van der Waals surface area contributed by atoms with E-state index in [9.17, 15) is 14.4 Å². The Labute approximate surface area is 136 Å². The lowest BCUT2D eigenvalue weighted by Gasteiger charge is -2.38. The van der Waals surface area contributed by atoms with Crippen LogP contribution in [0.5, 0.6) is 0 Å². The molecule has 1 saturated carbocycles. The van der Waals surface area contributed by atoms with Gasteiger partial charge in [0.05, 0.1) is 11.8 Å². The second-order valence-electron chi connectivity index (χ2n) is 6.30. The van der Waals surface area contributed by atoms with E-state index in [4.69, 9.17) is 0 Å². The summed E-state index contributed by atoms with van der Waals surface area (Å²) in [6, 6.07) is -0.844. The van der Waals surface area contributed by atoms with Crippen molar-refractivity contribution in [3.8, 4) is 0 Å². The fourth-order valence-electron chi connectivity index (χ4n) is 4.03. The van der Waals surface area contributed by atoms with E-state index in [-0.39, 0.29) is 35.5 Å². The molecule has 23 heavy (non-hydrogen) atoms. The van der Waals surface area contributed by atoms with Gasteiger partial charge >= 0.3 is 0 Å². The van der Waals surface area contributed by atoms with Gasteiger partial charge in [-0.05, 0) is 31.6 Å². The fourth-order valence-corrected chi connectivity index (χ4v) is 4.48. The zero-order valence-electron chi connectivity index (χ0n) is 12.5. The van der Waals surface area contributed by atoms with E-state index in [0.29, 0.717) is 5.13 Å². The molecule has 3 amide bonds. The molecule has 4 aliphatic rings. The number of rotatable bonds is 3. The molecule has 120 valence electrons. The number of carbonyl (C=O) groups is 3. The van der Waals surface area contributed by atoms with Gasteiger partial charge in [0.15, 0.2) is 0 Å². The molecule has 7 nitrogen and oxygen atoms in total. The van der Waals surface area contributed by atoms with Crippen molar-refractivity contribution in [1.29, 1.82) is 0 Å². The number of hydrogen-bond acceptors (Lipinski definition) is 6. The van der Waals surface area contributed by atoms with Crippen molar-refractivity contribution >= 4 is 34.2 Å². The first kappa shape index (κ1) is 14.5. The minimum Gasteiger partial charge on any atom is -0.299 e. The normalized spacial score (nSPS) is 33.0. The van der Waals surface area contributed by atoms with Crippen LogP contribution in [0.4, 0.5) is 5.13 Å². The van der Waals surface area contributed by atoms with Crippen LogP contribution in [-0.2, 0) is 14.4 Å². The van der Waals surface area contributed by atoms with Gasteiger partial charge in [-0.25, -0.2) is 0 Å². The van der Waals surface area contributed by atoms with E-state index in [0.717, 1.165) is 17.7 Å². The number of likely N-dealkylation sites (tertiary alicyclic amines) is 1. The number of nitrogens with zero attached hydrogens (tertiary/aromatic N) is 3. The average molecular weight is 332 g/mol. The van der Waals surface area contributed by atoms with Crippen LogP contribution in [0.1, 0.15) is 19.8 Å². The number of nitrogens with one attached hydrogen (secondary N) is 1. The van der Waals surface area contributed by atoms with E-state index in [1.54, 1.807) is 6.92 Å². The Morgan fingerprint density at radius 1 is 1.26 bits per heavy atom. The predicted molar refractivity (Wildman–Crippen MR) is 82.2 cm³/mol. The second kappa shape index (κ2) is 5.23. The molecule has 5 unspecified atom stereocenters. The van der Waals surface area contributed by atoms with Crippen LogP contribution in [0.2, 0.25) is 0 Å². The standard InChI is InChI=1S/C15H16N4O3S/c1-7(12(20)17-15-18-16-6-23-15)19-13(21)10-8-2-3-9(5-4-8)11(10)14(19)22/h2-3,6-11H,4-5H2,1H3,(H,17,18,20). The van der Waals surface area contributed by atoms with Gasteiger partial charge in [-0.3, -0.25) is 24.6 Å². The molecule has 3 aliphatic carbocycles. The van der Waals surface area contributed by atoms with Gasteiger partial charge in [-0.2, -0.15) is 0 Å². The van der Waals surface area contributed by atoms with Crippen molar-refractivity contribution in [3.63, 3.8) is 0 Å². The molecule has 2 bridgehead atoms. The van der Waals surface area contributed by atoms with Crippen LogP contribution < -0.4 is 5.32 Å². The van der Waals surface area contributed by atoms with Gasteiger partial charge in [0.1, 0.15) is 11.6 Å². The van der Waals surface area contributed by atoms with Gasteiger partial charge in [-0.15, -0.1) is 10.2 Å². The van der Waals surface area contributed by atoms with Crippen LogP contribution in [0, 0.1) is 23.7 Å². The summed E-state index contributed by atoms with van der Waals surface area (Å²) in [6.45, 7) is 1.58. The highest BCUT2D eigenvalue weighted by Gasteiger charge is 2.58. The minimum absolute atomic E-state index is 0.130. The Bertz CT molecular complexity index is 670. The summed E-state index contributed by atoms with van der Waals surface area (Å²) in [7, 11) is 0. The fraction of sp³-hybridized carbons (Fsp3) is 0.533. The van der Waals surface area contributed by atoms with Crippen LogP contribution in [0.15, 0.2) is 17.7 Å². The smallest absolute Gasteiger partial charge is 0.249 e. The quantitative estimate of drug-likeness (QED) is 0.660. The molecule has 1 saturated heterocycles. The van der Waals surface area contributed by atoms with E-state index in [1.807, 2.05) is 0 Å². The third-order valence-electron chi connectivity index (χ3n) is 5.15. The summed E-state index contributed by atoms with van der Waals surface area (Å²) in [5.41, 5.74) is 1.50. The van der Waals surface area contributed by atoms with Crippen molar-refractivity contribution in [2.45, 2.75) is 25.8 Å². The van der Waals surface area contributed by atoms with Crippen LogP contribution in [0.25, 0.3) is 0 Å². The summed E-state index contributed by atoms with van der Waals surface area (Å²) < 4.78 is 0. The molecule has 0 aromatic carbocycles. The van der Waals surface area contributed by atoms with E-state index in [1.165, 1.54) is 16.8 Å². The lowest BCUT2D eigenvalue weighted by Crippen LogP contribution is -2.46. The number of anilines is 1. The number of allylic oxidation sites excluding steroid dienone is 2. The zero-order valence-corrected chi connectivity index (χ0v) is 13.3. The maximum absolute atomic E-state index is 12.8. The topological polar surface area (TPSA) is 92.3 Å². The first-order valence-electron chi connectivity index (χ1n) is 7.70. The summed E-state index contributed by atoms with van der Waals surface area (Å²) in [5.74, 6) is -1.15. The van der Waals surface area contributed by atoms with Crippen molar-refractivity contribution < 1.29 is 14.4 Å². The minimum atomic E-state index is -0.844. The molecule has 2 fully saturated rings. The van der Waals surface area contributed by atoms with Crippen molar-refractivity contribution in [2.75, 3.05) is 5.32 Å². The molecule has 1 aromatic rings. The van der Waals surface area contributed by atoms with Gasteiger partial charge < -0.3 is 0 Å². The van der Waals surface area contributed by atoms with Crippen LogP contribution >= 0.6 is 11.3 Å². The Morgan fingerprint density at radius 2 is 1.87 bits per heavy atom. The maximum atomic E-state index is 12.8. The summed E-state index contributed by atoms with van der Waals surface area (Å²) in [4.78, 5) is 39.0. The Morgan fingerprint density at radius 3 is 2.35 bits per heavy atom. The Kier molecular flexibility index (Phi) is 3.29. The molecular weight excluding hydrogens is 316 g/mol. The number of hydrogen-bond donors (Lipinski definition) is 1. The highest BCUT2D eigenvalue weighted by molar-refractivity contribution is 7.13. The number of carbonyl (C=O) groups excluding carboxylic acids is 3. The third kappa shape index (κ3) is 2.12. The number of imide groups is 1. The van der Waals surface area contributed by atoms with Gasteiger partial charge in [0, 0.05) is 0 Å². The van der Waals surface area contributed by atoms with E-state index < -0.39 is 11.9 Å². The largest absolute Gasteiger partial charge is 0.299 e. The molecule has 5 rings (SSSR count). The highest BCUT2D eigenvalue weighted by Crippen LogP contribution is 2.49. The molecule has 2 heterocycles. The third-order valence-corrected chi connectivity index (χ3v) is 5.76. The summed E-state index contributed by atoms with van der Waals surface area (Å²) in [5, 5.41) is 10.4. The molecule has 8 heteroatoms. The van der Waals surface area contributed by atoms with Gasteiger partial charge in [-0.1, -0.05) is 23.5 Å². The first-order valence-corrected chi connectivity index (χ1v) is 8.58. The first-order chi connectivity index (χ1) is 11.1. The SMILES string of the molecule is CC(C(=O)Nc1nncs1)N1C(=O)C2C3C=CC(CC3)C2C1=O. The Hall–Kier alpha value is -2.09. The van der Waals surface area contributed by atoms with Crippen molar-refractivity contribution in [3.05, 3.63) is 17.7 Å². The highest BCUT2D eigenvalue weighted by atomic mass is 32.1. The molecular formula is C15H16N4O3S. The molecule has 1 N–H and O–H groups in total. The van der Waals surface area contributed by atoms with Gasteiger partial charge in [0.25, 0.3) is 0 Å². The molecule has 5 atom stereocenters. The number of amides is 3. The lowest BCUT2D eigenvalue weighted by atomic mass is 9.63. The second-order valence-corrected chi connectivity index (χ2v) is 7.13. The van der Waals surface area contributed by atoms with Crippen molar-refractivity contribution in [1.82, 2.24) is 15.1 Å². The lowest BCUT2D eigenvalue weighted by molar-refractivity contribution is -0.146. The van der Waals surface area contributed by atoms with Crippen LogP contribution in [-0.4, -0.2) is 38.9 Å². The summed E-state index contributed by atoms with van der Waals surface area (Å²) >= 11 is 1.19.